The molecule has 7 heteroatoms. The maximum absolute atomic E-state index is 12.7. The standard InChI is InChI=1S/C14H20ClN3O2S/c1-10-8-12(9-13(16)14(10)15)21(19,20)18-6-4-17(5-7-18)11-2-3-11/h8-9,11H,2-7,16H2,1H3. The van der Waals surface area contributed by atoms with Crippen LogP contribution < -0.4 is 5.73 Å². The molecule has 0 spiro atoms. The monoisotopic (exact) mass is 329 g/mol. The lowest BCUT2D eigenvalue weighted by Gasteiger charge is -2.34. The molecule has 0 radical (unpaired) electrons. The van der Waals surface area contributed by atoms with Crippen LogP contribution in [-0.2, 0) is 10.0 Å². The summed E-state index contributed by atoms with van der Waals surface area (Å²) in [7, 11) is -3.48. The maximum atomic E-state index is 12.7. The second-order valence-corrected chi connectivity index (χ2v) is 8.13. The van der Waals surface area contributed by atoms with Crippen LogP contribution >= 0.6 is 11.6 Å². The SMILES string of the molecule is Cc1cc(S(=O)(=O)N2CCN(C3CC3)CC2)cc(N)c1Cl. The summed E-state index contributed by atoms with van der Waals surface area (Å²) in [6.07, 6.45) is 2.50. The molecule has 0 bridgehead atoms. The molecule has 5 nitrogen and oxygen atoms in total. The topological polar surface area (TPSA) is 66.6 Å². The number of nitrogen functional groups attached to an aromatic ring is 1. The minimum Gasteiger partial charge on any atom is -0.397 e. The Morgan fingerprint density at radius 3 is 2.33 bits per heavy atom. The molecule has 0 atom stereocenters. The summed E-state index contributed by atoms with van der Waals surface area (Å²) < 4.78 is 27.0. The molecule has 1 aliphatic heterocycles. The van der Waals surface area contributed by atoms with Gasteiger partial charge in [0.1, 0.15) is 0 Å². The first-order valence-corrected chi connectivity index (χ1v) is 9.01. The third-order valence-electron chi connectivity index (χ3n) is 4.23. The molecule has 0 amide bonds. The zero-order valence-corrected chi connectivity index (χ0v) is 13.6. The zero-order valence-electron chi connectivity index (χ0n) is 12.0. The van der Waals surface area contributed by atoms with Gasteiger partial charge < -0.3 is 5.73 Å². The van der Waals surface area contributed by atoms with E-state index in [1.54, 1.807) is 17.3 Å². The van der Waals surface area contributed by atoms with E-state index in [2.05, 4.69) is 4.90 Å². The average Bonchev–Trinajstić information content (AvgIpc) is 3.29. The fourth-order valence-corrected chi connectivity index (χ4v) is 4.46. The van der Waals surface area contributed by atoms with Gasteiger partial charge in [0.05, 0.1) is 15.6 Å². The van der Waals surface area contributed by atoms with Crippen molar-refractivity contribution < 1.29 is 8.42 Å². The first-order valence-electron chi connectivity index (χ1n) is 7.19. The van der Waals surface area contributed by atoms with Crippen molar-refractivity contribution in [1.29, 1.82) is 0 Å². The molecule has 116 valence electrons. The van der Waals surface area contributed by atoms with Gasteiger partial charge in [-0.1, -0.05) is 11.6 Å². The van der Waals surface area contributed by atoms with Gasteiger partial charge in [-0.15, -0.1) is 0 Å². The Morgan fingerprint density at radius 1 is 1.19 bits per heavy atom. The van der Waals surface area contributed by atoms with Gasteiger partial charge in [0.2, 0.25) is 10.0 Å². The highest BCUT2D eigenvalue weighted by Gasteiger charge is 2.35. The Labute approximate surface area is 130 Å². The van der Waals surface area contributed by atoms with Crippen molar-refractivity contribution in [2.24, 2.45) is 0 Å². The van der Waals surface area contributed by atoms with E-state index in [-0.39, 0.29) is 4.90 Å². The normalized spacial score (nSPS) is 21.6. The predicted octanol–water partition coefficient (Wildman–Crippen LogP) is 1.70. The molecule has 1 aromatic carbocycles. The van der Waals surface area contributed by atoms with Gasteiger partial charge in [-0.05, 0) is 37.5 Å². The molecule has 1 heterocycles. The molecule has 0 unspecified atom stereocenters. The average molecular weight is 330 g/mol. The van der Waals surface area contributed by atoms with Gasteiger partial charge >= 0.3 is 0 Å². The van der Waals surface area contributed by atoms with Crippen LogP contribution in [0, 0.1) is 6.92 Å². The molecule has 2 aliphatic rings. The minimum absolute atomic E-state index is 0.238. The number of aryl methyl sites for hydroxylation is 1. The van der Waals surface area contributed by atoms with Crippen molar-refractivity contribution in [2.75, 3.05) is 31.9 Å². The van der Waals surface area contributed by atoms with Crippen molar-refractivity contribution in [3.63, 3.8) is 0 Å². The van der Waals surface area contributed by atoms with Crippen LogP contribution in [0.3, 0.4) is 0 Å². The van der Waals surface area contributed by atoms with Crippen molar-refractivity contribution >= 4 is 27.3 Å². The largest absolute Gasteiger partial charge is 0.397 e. The number of halogens is 1. The highest BCUT2D eigenvalue weighted by molar-refractivity contribution is 7.89. The number of sulfonamides is 1. The van der Waals surface area contributed by atoms with E-state index in [0.717, 1.165) is 13.1 Å². The van der Waals surface area contributed by atoms with Crippen molar-refractivity contribution in [1.82, 2.24) is 9.21 Å². The number of nitrogens with zero attached hydrogens (tertiary/aromatic N) is 2. The van der Waals surface area contributed by atoms with Crippen molar-refractivity contribution in [3.05, 3.63) is 22.7 Å². The fourth-order valence-electron chi connectivity index (χ4n) is 2.81. The van der Waals surface area contributed by atoms with E-state index < -0.39 is 10.0 Å². The molecule has 2 N–H and O–H groups in total. The van der Waals surface area contributed by atoms with Gasteiger partial charge in [0.25, 0.3) is 0 Å². The lowest BCUT2D eigenvalue weighted by molar-refractivity contribution is 0.180. The van der Waals surface area contributed by atoms with Crippen LogP contribution in [0.1, 0.15) is 18.4 Å². The van der Waals surface area contributed by atoms with Crippen molar-refractivity contribution in [3.8, 4) is 0 Å². The highest BCUT2D eigenvalue weighted by atomic mass is 35.5. The Bertz CT molecular complexity index is 627. The van der Waals surface area contributed by atoms with Crippen LogP contribution in [0.25, 0.3) is 0 Å². The number of anilines is 1. The summed E-state index contributed by atoms with van der Waals surface area (Å²) in [5.74, 6) is 0. The second-order valence-electron chi connectivity index (χ2n) is 5.81. The van der Waals surface area contributed by atoms with Gasteiger partial charge in [0.15, 0.2) is 0 Å². The molecule has 2 fully saturated rings. The first kappa shape index (κ1) is 15.1. The number of hydrogen-bond donors (Lipinski definition) is 1. The smallest absolute Gasteiger partial charge is 0.243 e. The van der Waals surface area contributed by atoms with Gasteiger partial charge in [-0.2, -0.15) is 4.31 Å². The third-order valence-corrected chi connectivity index (χ3v) is 6.62. The van der Waals surface area contributed by atoms with Crippen LogP contribution in [0.15, 0.2) is 17.0 Å². The first-order chi connectivity index (χ1) is 9.89. The quantitative estimate of drug-likeness (QED) is 0.857. The predicted molar refractivity (Wildman–Crippen MR) is 84.0 cm³/mol. The summed E-state index contributed by atoms with van der Waals surface area (Å²) in [6.45, 7) is 4.47. The Kier molecular flexibility index (Phi) is 3.90. The molecule has 1 saturated heterocycles. The number of hydrogen-bond acceptors (Lipinski definition) is 4. The Morgan fingerprint density at radius 2 is 1.81 bits per heavy atom. The third kappa shape index (κ3) is 2.90. The highest BCUT2D eigenvalue weighted by Crippen LogP contribution is 2.31. The van der Waals surface area contributed by atoms with E-state index in [4.69, 9.17) is 17.3 Å². The Balaban J connectivity index is 1.80. The van der Waals surface area contributed by atoms with E-state index in [0.29, 0.717) is 35.4 Å². The lowest BCUT2D eigenvalue weighted by Crippen LogP contribution is -2.49. The lowest BCUT2D eigenvalue weighted by atomic mass is 10.2. The molecule has 1 aromatic rings. The Hall–Kier alpha value is -0.820. The minimum atomic E-state index is -3.48. The van der Waals surface area contributed by atoms with Crippen LogP contribution in [0.4, 0.5) is 5.69 Å². The summed E-state index contributed by atoms with van der Waals surface area (Å²) >= 11 is 6.01. The molecule has 1 aliphatic carbocycles. The molecule has 0 aromatic heterocycles. The van der Waals surface area contributed by atoms with Crippen molar-refractivity contribution in [2.45, 2.75) is 30.7 Å². The number of nitrogens with two attached hydrogens (primary N) is 1. The zero-order chi connectivity index (χ0) is 15.2. The number of piperazine rings is 1. The number of benzene rings is 1. The molecule has 1 saturated carbocycles. The molecular weight excluding hydrogens is 310 g/mol. The second kappa shape index (κ2) is 5.43. The van der Waals surface area contributed by atoms with Crippen LogP contribution in [0.2, 0.25) is 5.02 Å². The fraction of sp³-hybridized carbons (Fsp3) is 0.571. The van der Waals surface area contributed by atoms with Gasteiger partial charge in [-0.25, -0.2) is 8.42 Å². The van der Waals surface area contributed by atoms with E-state index in [1.807, 2.05) is 0 Å². The molecular formula is C14H20ClN3O2S. The summed E-state index contributed by atoms with van der Waals surface area (Å²) in [6, 6.07) is 3.74. The molecule has 21 heavy (non-hydrogen) atoms. The molecule has 3 rings (SSSR count). The summed E-state index contributed by atoms with van der Waals surface area (Å²) in [4.78, 5) is 2.62. The van der Waals surface area contributed by atoms with Gasteiger partial charge in [-0.3, -0.25) is 4.90 Å². The van der Waals surface area contributed by atoms with E-state index in [1.165, 1.54) is 18.9 Å². The van der Waals surface area contributed by atoms with Crippen LogP contribution in [-0.4, -0.2) is 49.8 Å². The van der Waals surface area contributed by atoms with Crippen LogP contribution in [0.5, 0.6) is 0 Å². The van der Waals surface area contributed by atoms with Gasteiger partial charge in [0, 0.05) is 32.2 Å². The van der Waals surface area contributed by atoms with E-state index in [9.17, 15) is 8.42 Å². The number of rotatable bonds is 3. The summed E-state index contributed by atoms with van der Waals surface area (Å²) in [5.41, 5.74) is 6.79. The maximum Gasteiger partial charge on any atom is 0.243 e. The summed E-state index contributed by atoms with van der Waals surface area (Å²) in [5, 5.41) is 0.424. The van der Waals surface area contributed by atoms with E-state index >= 15 is 0 Å².